The van der Waals surface area contributed by atoms with E-state index in [9.17, 15) is 9.59 Å². The topological polar surface area (TPSA) is 49.4 Å². The number of carbonyl (C=O) groups excluding carboxylic acids is 2. The fraction of sp³-hybridized carbons (Fsp3) is 0.176. The monoisotopic (exact) mass is 282 g/mol. The highest BCUT2D eigenvalue weighted by Crippen LogP contribution is 2.30. The number of aryl methyl sites for hydroxylation is 1. The van der Waals surface area contributed by atoms with Crippen LogP contribution in [0.1, 0.15) is 11.1 Å². The molecule has 1 aliphatic rings. The highest BCUT2D eigenvalue weighted by Gasteiger charge is 2.26. The van der Waals surface area contributed by atoms with Crippen LogP contribution in [0.25, 0.3) is 5.57 Å². The van der Waals surface area contributed by atoms with Crippen LogP contribution < -0.4 is 5.32 Å². The molecule has 2 amide bonds. The van der Waals surface area contributed by atoms with Crippen molar-refractivity contribution in [2.45, 2.75) is 6.92 Å². The van der Waals surface area contributed by atoms with Crippen LogP contribution in [0, 0.1) is 6.92 Å². The van der Waals surface area contributed by atoms with E-state index in [1.807, 2.05) is 31.2 Å². The third-order valence-electron chi connectivity index (χ3n) is 3.35. The van der Waals surface area contributed by atoms with Crippen LogP contribution in [-0.4, -0.2) is 29.8 Å². The normalized spacial score (nSPS) is 14.1. The molecule has 0 spiro atoms. The summed E-state index contributed by atoms with van der Waals surface area (Å²) in [6.45, 7) is 10.1. The molecule has 0 fully saturated rings. The van der Waals surface area contributed by atoms with Crippen molar-refractivity contribution in [2.75, 3.05) is 13.1 Å². The third kappa shape index (κ3) is 3.28. The second-order valence-electron chi connectivity index (χ2n) is 4.86. The van der Waals surface area contributed by atoms with E-state index in [0.29, 0.717) is 18.8 Å². The maximum Gasteiger partial charge on any atom is 0.251 e. The first kappa shape index (κ1) is 14.8. The number of hydrogen-bond donors (Lipinski definition) is 1. The highest BCUT2D eigenvalue weighted by atomic mass is 16.2. The van der Waals surface area contributed by atoms with Crippen molar-refractivity contribution < 1.29 is 9.59 Å². The van der Waals surface area contributed by atoms with Gasteiger partial charge in [0.1, 0.15) is 0 Å². The Labute approximate surface area is 124 Å². The van der Waals surface area contributed by atoms with Crippen molar-refractivity contribution in [3.05, 3.63) is 66.4 Å². The van der Waals surface area contributed by atoms with E-state index < -0.39 is 0 Å². The van der Waals surface area contributed by atoms with E-state index in [4.69, 9.17) is 0 Å². The molecule has 0 aliphatic carbocycles. The zero-order valence-corrected chi connectivity index (χ0v) is 12.1. The fourth-order valence-electron chi connectivity index (χ4n) is 2.15. The summed E-state index contributed by atoms with van der Waals surface area (Å²) >= 11 is 0. The van der Waals surface area contributed by atoms with E-state index in [1.54, 1.807) is 11.0 Å². The maximum absolute atomic E-state index is 12.0. The van der Waals surface area contributed by atoms with Gasteiger partial charge < -0.3 is 10.2 Å². The molecule has 1 aliphatic heterocycles. The van der Waals surface area contributed by atoms with E-state index in [0.717, 1.165) is 11.1 Å². The lowest BCUT2D eigenvalue weighted by Crippen LogP contribution is -2.34. The van der Waals surface area contributed by atoms with Gasteiger partial charge in [-0.1, -0.05) is 43.0 Å². The Morgan fingerprint density at radius 2 is 2.00 bits per heavy atom. The van der Waals surface area contributed by atoms with Crippen molar-refractivity contribution in [1.29, 1.82) is 0 Å². The zero-order chi connectivity index (χ0) is 15.4. The summed E-state index contributed by atoms with van der Waals surface area (Å²) in [5, 5.41) is 2.65. The van der Waals surface area contributed by atoms with Gasteiger partial charge in [-0.15, -0.1) is 0 Å². The van der Waals surface area contributed by atoms with E-state index in [1.165, 1.54) is 11.6 Å². The minimum atomic E-state index is -0.251. The fourth-order valence-corrected chi connectivity index (χ4v) is 2.15. The number of benzene rings is 1. The molecule has 0 bridgehead atoms. The Hall–Kier alpha value is -2.62. The summed E-state index contributed by atoms with van der Waals surface area (Å²) in [5.41, 5.74) is 3.63. The predicted octanol–water partition coefficient (Wildman–Crippen LogP) is 2.04. The summed E-state index contributed by atoms with van der Waals surface area (Å²) in [5.74, 6) is -0.359. The molecule has 1 aromatic carbocycles. The highest BCUT2D eigenvalue weighted by molar-refractivity contribution is 6.06. The summed E-state index contributed by atoms with van der Waals surface area (Å²) in [6.07, 6.45) is 2.79. The molecule has 0 atom stereocenters. The lowest BCUT2D eigenvalue weighted by Gasteiger charge is -2.19. The first-order valence-electron chi connectivity index (χ1n) is 6.72. The molecule has 4 heteroatoms. The molecule has 0 aromatic heterocycles. The Morgan fingerprint density at radius 1 is 1.33 bits per heavy atom. The molecule has 1 heterocycles. The molecule has 0 radical (unpaired) electrons. The molecule has 2 rings (SSSR count). The third-order valence-corrected chi connectivity index (χ3v) is 3.35. The standard InChI is InChI=1S/C17H18N2O2/c1-4-16(20)18-9-10-19-13(3)15(11-17(19)21)14-7-5-12(2)6-8-14/h4-8,11H,1,3,9-10H2,2H3,(H,18,20). The molecule has 0 saturated carbocycles. The van der Waals surface area contributed by atoms with E-state index in [2.05, 4.69) is 18.5 Å². The Balaban J connectivity index is 2.04. The predicted molar refractivity (Wildman–Crippen MR) is 83.2 cm³/mol. The second kappa shape index (κ2) is 6.22. The molecule has 21 heavy (non-hydrogen) atoms. The number of hydrogen-bond acceptors (Lipinski definition) is 2. The molecule has 1 aromatic rings. The van der Waals surface area contributed by atoms with Crippen molar-refractivity contribution in [3.8, 4) is 0 Å². The van der Waals surface area contributed by atoms with Gasteiger partial charge in [0, 0.05) is 30.4 Å². The van der Waals surface area contributed by atoms with Crippen LogP contribution in [0.15, 0.2) is 55.3 Å². The van der Waals surface area contributed by atoms with Crippen molar-refractivity contribution in [2.24, 2.45) is 0 Å². The molecule has 0 unspecified atom stereocenters. The largest absolute Gasteiger partial charge is 0.351 e. The minimum absolute atomic E-state index is 0.108. The van der Waals surface area contributed by atoms with Gasteiger partial charge in [-0.3, -0.25) is 9.59 Å². The van der Waals surface area contributed by atoms with E-state index in [-0.39, 0.29) is 11.8 Å². The second-order valence-corrected chi connectivity index (χ2v) is 4.86. The molecular formula is C17H18N2O2. The molecular weight excluding hydrogens is 264 g/mol. The first-order valence-corrected chi connectivity index (χ1v) is 6.72. The molecule has 4 nitrogen and oxygen atoms in total. The Kier molecular flexibility index (Phi) is 4.38. The number of nitrogens with zero attached hydrogens (tertiary/aromatic N) is 1. The van der Waals surface area contributed by atoms with Crippen molar-refractivity contribution in [3.63, 3.8) is 0 Å². The lowest BCUT2D eigenvalue weighted by atomic mass is 10.0. The number of amides is 2. The smallest absolute Gasteiger partial charge is 0.251 e. The Morgan fingerprint density at radius 3 is 2.62 bits per heavy atom. The van der Waals surface area contributed by atoms with Crippen LogP contribution in [-0.2, 0) is 9.59 Å². The Bertz CT molecular complexity index is 627. The van der Waals surface area contributed by atoms with Gasteiger partial charge in [-0.05, 0) is 18.6 Å². The van der Waals surface area contributed by atoms with Crippen molar-refractivity contribution >= 4 is 17.4 Å². The average Bonchev–Trinajstić information content (AvgIpc) is 2.75. The minimum Gasteiger partial charge on any atom is -0.351 e. The number of rotatable bonds is 5. The van der Waals surface area contributed by atoms with Gasteiger partial charge >= 0.3 is 0 Å². The van der Waals surface area contributed by atoms with Gasteiger partial charge in [0.25, 0.3) is 5.91 Å². The molecule has 1 N–H and O–H groups in total. The SMILES string of the molecule is C=CC(=O)NCCN1C(=C)C(c2ccc(C)cc2)=CC1=O. The average molecular weight is 282 g/mol. The maximum atomic E-state index is 12.0. The number of nitrogens with one attached hydrogen (secondary N) is 1. The van der Waals surface area contributed by atoms with Gasteiger partial charge in [-0.2, -0.15) is 0 Å². The number of allylic oxidation sites excluding steroid dienone is 1. The van der Waals surface area contributed by atoms with Crippen molar-refractivity contribution in [1.82, 2.24) is 10.2 Å². The van der Waals surface area contributed by atoms with Gasteiger partial charge in [0.05, 0.1) is 0 Å². The molecule has 108 valence electrons. The van der Waals surface area contributed by atoms with Crippen LogP contribution in [0.2, 0.25) is 0 Å². The van der Waals surface area contributed by atoms with E-state index >= 15 is 0 Å². The zero-order valence-electron chi connectivity index (χ0n) is 12.1. The summed E-state index contributed by atoms with van der Waals surface area (Å²) < 4.78 is 0. The summed E-state index contributed by atoms with van der Waals surface area (Å²) in [6, 6.07) is 7.95. The van der Waals surface area contributed by atoms with Crippen LogP contribution in [0.3, 0.4) is 0 Å². The van der Waals surface area contributed by atoms with Gasteiger partial charge in [0.15, 0.2) is 0 Å². The van der Waals surface area contributed by atoms with Gasteiger partial charge in [0.2, 0.25) is 5.91 Å². The molecule has 0 saturated heterocycles. The van der Waals surface area contributed by atoms with Crippen LogP contribution in [0.5, 0.6) is 0 Å². The first-order chi connectivity index (χ1) is 10.0. The number of carbonyl (C=O) groups is 2. The van der Waals surface area contributed by atoms with Gasteiger partial charge in [-0.25, -0.2) is 0 Å². The summed E-state index contributed by atoms with van der Waals surface area (Å²) in [7, 11) is 0. The van der Waals surface area contributed by atoms with Crippen LogP contribution >= 0.6 is 0 Å². The quantitative estimate of drug-likeness (QED) is 0.840. The summed E-state index contributed by atoms with van der Waals surface area (Å²) in [4.78, 5) is 24.7. The van der Waals surface area contributed by atoms with Crippen LogP contribution in [0.4, 0.5) is 0 Å². The lowest BCUT2D eigenvalue weighted by molar-refractivity contribution is -0.123.